The number of anilines is 1. The zero-order chi connectivity index (χ0) is 27.4. The van der Waals surface area contributed by atoms with Gasteiger partial charge in [-0.25, -0.2) is 23.2 Å². The molecule has 0 radical (unpaired) electrons. The van der Waals surface area contributed by atoms with Gasteiger partial charge in [0, 0.05) is 31.9 Å². The fourth-order valence-corrected chi connectivity index (χ4v) is 5.06. The Labute approximate surface area is 226 Å². The Morgan fingerprint density at radius 3 is 2.18 bits per heavy atom. The minimum Gasteiger partial charge on any atom is -0.465 e. The number of halogens is 1. The first kappa shape index (κ1) is 26.4. The smallest absolute Gasteiger partial charge is 0.350 e. The highest BCUT2D eigenvalue weighted by Gasteiger charge is 2.31. The van der Waals surface area contributed by atoms with Crippen molar-refractivity contribution in [1.29, 1.82) is 0 Å². The van der Waals surface area contributed by atoms with Crippen molar-refractivity contribution in [3.63, 3.8) is 0 Å². The van der Waals surface area contributed by atoms with E-state index >= 15 is 0 Å². The number of hydrogen-bond acceptors (Lipinski definition) is 6. The highest BCUT2D eigenvalue weighted by Crippen LogP contribution is 2.26. The Hall–Kier alpha value is -4.24. The Bertz CT molecular complexity index is 1440. The van der Waals surface area contributed by atoms with Gasteiger partial charge in [0.25, 0.3) is 0 Å². The number of esters is 1. The van der Waals surface area contributed by atoms with Crippen LogP contribution in [0.25, 0.3) is 5.69 Å². The Kier molecular flexibility index (Phi) is 7.88. The van der Waals surface area contributed by atoms with Gasteiger partial charge in [-0.3, -0.25) is 4.90 Å². The highest BCUT2D eigenvalue weighted by atomic mass is 19.1. The summed E-state index contributed by atoms with van der Waals surface area (Å²) in [5.74, 6) is -0.540. The lowest BCUT2D eigenvalue weighted by atomic mass is 10.0. The molecule has 1 fully saturated rings. The van der Waals surface area contributed by atoms with Crippen molar-refractivity contribution in [1.82, 2.24) is 19.2 Å². The van der Waals surface area contributed by atoms with Gasteiger partial charge in [0.05, 0.1) is 18.3 Å². The van der Waals surface area contributed by atoms with E-state index in [9.17, 15) is 14.0 Å². The van der Waals surface area contributed by atoms with Crippen LogP contribution in [0.3, 0.4) is 0 Å². The molecule has 202 valence electrons. The van der Waals surface area contributed by atoms with Crippen LogP contribution in [0.2, 0.25) is 0 Å². The molecule has 1 aromatic heterocycles. The molecular weight excluding hydrogens is 497 g/mol. The lowest BCUT2D eigenvalue weighted by molar-refractivity contribution is -0.150. The van der Waals surface area contributed by atoms with Crippen LogP contribution in [0.4, 0.5) is 10.1 Å². The molecule has 0 aliphatic carbocycles. The van der Waals surface area contributed by atoms with Crippen LogP contribution < -0.4 is 10.6 Å². The van der Waals surface area contributed by atoms with E-state index in [0.717, 1.165) is 29.9 Å². The van der Waals surface area contributed by atoms with E-state index in [1.807, 2.05) is 68.4 Å². The third-order valence-electron chi connectivity index (χ3n) is 7.21. The predicted octanol–water partition coefficient (Wildman–Crippen LogP) is 4.21. The van der Waals surface area contributed by atoms with E-state index in [4.69, 9.17) is 4.74 Å². The minimum atomic E-state index is -0.420. The average Bonchev–Trinajstić information content (AvgIpc) is 3.35. The van der Waals surface area contributed by atoms with Crippen LogP contribution in [-0.2, 0) is 9.53 Å². The second-order valence-corrected chi connectivity index (χ2v) is 9.56. The quantitative estimate of drug-likeness (QED) is 0.319. The molecule has 1 aliphatic heterocycles. The molecule has 0 saturated carbocycles. The Morgan fingerprint density at radius 2 is 1.54 bits per heavy atom. The second-order valence-electron chi connectivity index (χ2n) is 9.56. The fourth-order valence-electron chi connectivity index (χ4n) is 5.06. The number of rotatable bonds is 8. The lowest BCUT2D eigenvalue weighted by Crippen LogP contribution is -2.49. The number of aromatic nitrogens is 3. The number of hydrogen-bond donors (Lipinski definition) is 0. The summed E-state index contributed by atoms with van der Waals surface area (Å²) in [5, 5.41) is 4.30. The molecule has 2 atom stereocenters. The summed E-state index contributed by atoms with van der Waals surface area (Å²) in [4.78, 5) is 30.3. The molecular formula is C30H32FN5O3. The van der Waals surface area contributed by atoms with Crippen molar-refractivity contribution in [3.8, 4) is 5.69 Å². The summed E-state index contributed by atoms with van der Waals surface area (Å²) in [6.45, 7) is 6.99. The standard InChI is InChI=1S/C30H32FN5O3/c1-3-39-29(37)28(24-7-5-4-6-8-24)34-19-17-33(18-20-34)26-13-15-27(16-14-26)35-21-32-36(30(35)38)22(2)23-9-11-25(31)12-10-23/h4-16,21-22,28H,3,17-20H2,1-2H3/t22?,28-/m1/s1. The van der Waals surface area contributed by atoms with Gasteiger partial charge in [-0.05, 0) is 61.4 Å². The monoisotopic (exact) mass is 529 g/mol. The molecule has 1 unspecified atom stereocenters. The van der Waals surface area contributed by atoms with Gasteiger partial charge in [-0.2, -0.15) is 5.10 Å². The summed E-state index contributed by atoms with van der Waals surface area (Å²) in [6.07, 6.45) is 1.51. The fraction of sp³-hybridized carbons (Fsp3) is 0.300. The maximum Gasteiger partial charge on any atom is 0.350 e. The number of piperazine rings is 1. The van der Waals surface area contributed by atoms with Crippen LogP contribution in [0, 0.1) is 5.82 Å². The van der Waals surface area contributed by atoms with E-state index in [-0.39, 0.29) is 23.5 Å². The molecule has 0 N–H and O–H groups in total. The maximum absolute atomic E-state index is 13.3. The van der Waals surface area contributed by atoms with Crippen molar-refractivity contribution in [2.75, 3.05) is 37.7 Å². The predicted molar refractivity (Wildman–Crippen MR) is 148 cm³/mol. The van der Waals surface area contributed by atoms with Gasteiger partial charge in [0.2, 0.25) is 0 Å². The van der Waals surface area contributed by atoms with Crippen LogP contribution in [0.5, 0.6) is 0 Å². The van der Waals surface area contributed by atoms with Gasteiger partial charge in [-0.15, -0.1) is 0 Å². The van der Waals surface area contributed by atoms with Gasteiger partial charge >= 0.3 is 11.7 Å². The molecule has 0 spiro atoms. The number of carbonyl (C=O) groups excluding carboxylic acids is 1. The van der Waals surface area contributed by atoms with Gasteiger partial charge in [0.15, 0.2) is 0 Å². The molecule has 0 bridgehead atoms. The van der Waals surface area contributed by atoms with Gasteiger partial charge in [0.1, 0.15) is 18.2 Å². The molecule has 8 nitrogen and oxygen atoms in total. The molecule has 2 heterocycles. The third-order valence-corrected chi connectivity index (χ3v) is 7.21. The minimum absolute atomic E-state index is 0.221. The second kappa shape index (κ2) is 11.7. The third kappa shape index (κ3) is 5.63. The molecule has 1 aliphatic rings. The van der Waals surface area contributed by atoms with E-state index in [1.54, 1.807) is 12.1 Å². The van der Waals surface area contributed by atoms with E-state index in [2.05, 4.69) is 14.9 Å². The van der Waals surface area contributed by atoms with Gasteiger partial charge < -0.3 is 9.64 Å². The van der Waals surface area contributed by atoms with Crippen molar-refractivity contribution >= 4 is 11.7 Å². The molecule has 39 heavy (non-hydrogen) atoms. The summed E-state index contributed by atoms with van der Waals surface area (Å²) < 4.78 is 21.6. The largest absolute Gasteiger partial charge is 0.465 e. The van der Waals surface area contributed by atoms with Crippen LogP contribution in [0.1, 0.15) is 37.1 Å². The zero-order valence-electron chi connectivity index (χ0n) is 22.1. The lowest BCUT2D eigenvalue weighted by Gasteiger charge is -2.39. The Morgan fingerprint density at radius 1 is 0.897 bits per heavy atom. The number of carbonyl (C=O) groups is 1. The van der Waals surface area contributed by atoms with E-state index in [0.29, 0.717) is 25.4 Å². The molecule has 5 rings (SSSR count). The first-order valence-electron chi connectivity index (χ1n) is 13.2. The highest BCUT2D eigenvalue weighted by molar-refractivity contribution is 5.77. The normalized spacial score (nSPS) is 15.6. The van der Waals surface area contributed by atoms with Crippen molar-refractivity contribution in [2.24, 2.45) is 0 Å². The maximum atomic E-state index is 13.3. The van der Waals surface area contributed by atoms with Crippen LogP contribution in [-0.4, -0.2) is 58.0 Å². The molecule has 9 heteroatoms. The molecule has 3 aromatic carbocycles. The number of benzene rings is 3. The van der Waals surface area contributed by atoms with Crippen molar-refractivity contribution in [3.05, 3.63) is 113 Å². The molecule has 4 aromatic rings. The van der Waals surface area contributed by atoms with Gasteiger partial charge in [-0.1, -0.05) is 42.5 Å². The van der Waals surface area contributed by atoms with Crippen LogP contribution >= 0.6 is 0 Å². The SMILES string of the molecule is CCOC(=O)[C@@H](c1ccccc1)N1CCN(c2ccc(-n3cnn(C(C)c4ccc(F)cc4)c3=O)cc2)CC1. The topological polar surface area (TPSA) is 72.6 Å². The number of nitrogens with zero attached hydrogens (tertiary/aromatic N) is 5. The summed E-state index contributed by atoms with van der Waals surface area (Å²) >= 11 is 0. The zero-order valence-corrected chi connectivity index (χ0v) is 22.1. The van der Waals surface area contributed by atoms with Crippen molar-refractivity contribution < 1.29 is 13.9 Å². The summed E-state index contributed by atoms with van der Waals surface area (Å²) in [6, 6.07) is 22.9. The Balaban J connectivity index is 1.27. The summed E-state index contributed by atoms with van der Waals surface area (Å²) in [5.41, 5.74) is 3.24. The van der Waals surface area contributed by atoms with Crippen LogP contribution in [0.15, 0.2) is 90.0 Å². The molecule has 0 amide bonds. The number of ether oxygens (including phenoxy) is 1. The van der Waals surface area contributed by atoms with E-state index in [1.165, 1.54) is 27.7 Å². The van der Waals surface area contributed by atoms with Crippen molar-refractivity contribution in [2.45, 2.75) is 25.9 Å². The first-order valence-corrected chi connectivity index (χ1v) is 13.2. The average molecular weight is 530 g/mol. The first-order chi connectivity index (χ1) is 19.0. The molecule has 1 saturated heterocycles. The summed E-state index contributed by atoms with van der Waals surface area (Å²) in [7, 11) is 0. The van der Waals surface area contributed by atoms with E-state index < -0.39 is 6.04 Å².